The van der Waals surface area contributed by atoms with E-state index < -0.39 is 0 Å². The summed E-state index contributed by atoms with van der Waals surface area (Å²) in [6.07, 6.45) is 7.51. The minimum Gasteiger partial charge on any atom is -0.325 e. The Kier molecular flexibility index (Phi) is 3.79. The fraction of sp³-hybridized carbons (Fsp3) is 0.562. The van der Waals surface area contributed by atoms with Crippen LogP contribution in [0.15, 0.2) is 18.2 Å². The topological polar surface area (TPSA) is 17.8 Å². The standard InChI is InChI=1S/C16H21ClN2/c1-12-6-5-9-14-16(12)18-15(10-11-17)19(14)13-7-3-2-4-8-13/h5-6,9,13H,2-4,7-8,10-11H2,1H3. The van der Waals surface area contributed by atoms with Crippen molar-refractivity contribution in [2.24, 2.45) is 0 Å². The fourth-order valence-electron chi connectivity index (χ4n) is 3.31. The molecule has 0 bridgehead atoms. The van der Waals surface area contributed by atoms with E-state index in [-0.39, 0.29) is 0 Å². The first-order chi connectivity index (χ1) is 9.31. The molecule has 0 unspecified atom stereocenters. The van der Waals surface area contributed by atoms with Crippen LogP contribution in [0.5, 0.6) is 0 Å². The molecule has 0 saturated heterocycles. The van der Waals surface area contributed by atoms with Crippen molar-refractivity contribution in [2.75, 3.05) is 5.88 Å². The quantitative estimate of drug-likeness (QED) is 0.747. The normalized spacial score (nSPS) is 17.2. The number of hydrogen-bond donors (Lipinski definition) is 0. The molecule has 2 aromatic rings. The van der Waals surface area contributed by atoms with Crippen molar-refractivity contribution in [2.45, 2.75) is 51.5 Å². The summed E-state index contributed by atoms with van der Waals surface area (Å²) in [6.45, 7) is 2.14. The summed E-state index contributed by atoms with van der Waals surface area (Å²) in [5.41, 5.74) is 3.73. The minimum atomic E-state index is 0.624. The number of aromatic nitrogens is 2. The van der Waals surface area contributed by atoms with Gasteiger partial charge < -0.3 is 4.57 Å². The number of fused-ring (bicyclic) bond motifs is 1. The van der Waals surface area contributed by atoms with E-state index in [4.69, 9.17) is 16.6 Å². The molecule has 19 heavy (non-hydrogen) atoms. The van der Waals surface area contributed by atoms with Gasteiger partial charge in [-0.25, -0.2) is 4.98 Å². The maximum absolute atomic E-state index is 5.96. The average Bonchev–Trinajstić information content (AvgIpc) is 2.80. The lowest BCUT2D eigenvalue weighted by molar-refractivity contribution is 0.353. The number of halogens is 1. The fourth-order valence-corrected chi connectivity index (χ4v) is 3.48. The molecule has 0 radical (unpaired) electrons. The van der Waals surface area contributed by atoms with E-state index in [1.54, 1.807) is 0 Å². The van der Waals surface area contributed by atoms with Gasteiger partial charge in [-0.3, -0.25) is 0 Å². The highest BCUT2D eigenvalue weighted by Gasteiger charge is 2.21. The SMILES string of the molecule is Cc1cccc2c1nc(CCCl)n2C1CCCCC1. The largest absolute Gasteiger partial charge is 0.325 e. The van der Waals surface area contributed by atoms with Crippen molar-refractivity contribution >= 4 is 22.6 Å². The first kappa shape index (κ1) is 13.0. The number of alkyl halides is 1. The number of aryl methyl sites for hydroxylation is 2. The molecule has 1 saturated carbocycles. The van der Waals surface area contributed by atoms with E-state index in [0.29, 0.717) is 11.9 Å². The number of para-hydroxylation sites is 1. The highest BCUT2D eigenvalue weighted by molar-refractivity contribution is 6.17. The zero-order valence-corrected chi connectivity index (χ0v) is 12.3. The monoisotopic (exact) mass is 276 g/mol. The second-order valence-corrected chi connectivity index (χ2v) is 5.95. The summed E-state index contributed by atoms with van der Waals surface area (Å²) in [4.78, 5) is 4.86. The molecular weight excluding hydrogens is 256 g/mol. The van der Waals surface area contributed by atoms with Crippen molar-refractivity contribution in [3.63, 3.8) is 0 Å². The van der Waals surface area contributed by atoms with Crippen LogP contribution in [0.4, 0.5) is 0 Å². The zero-order chi connectivity index (χ0) is 13.2. The molecule has 3 heteroatoms. The molecule has 1 fully saturated rings. The summed E-state index contributed by atoms with van der Waals surface area (Å²) in [5.74, 6) is 1.82. The summed E-state index contributed by atoms with van der Waals surface area (Å²) in [6, 6.07) is 7.12. The predicted molar refractivity (Wildman–Crippen MR) is 81.0 cm³/mol. The van der Waals surface area contributed by atoms with Crippen molar-refractivity contribution in [3.8, 4) is 0 Å². The van der Waals surface area contributed by atoms with E-state index in [9.17, 15) is 0 Å². The van der Waals surface area contributed by atoms with Crippen LogP contribution in [0.1, 0.15) is 49.5 Å². The molecule has 1 aliphatic rings. The number of nitrogens with zero attached hydrogens (tertiary/aromatic N) is 2. The van der Waals surface area contributed by atoms with Gasteiger partial charge in [-0.15, -0.1) is 11.6 Å². The third-order valence-electron chi connectivity index (χ3n) is 4.25. The molecule has 1 aliphatic carbocycles. The van der Waals surface area contributed by atoms with Gasteiger partial charge in [0.15, 0.2) is 0 Å². The first-order valence-corrected chi connectivity index (χ1v) is 7.87. The van der Waals surface area contributed by atoms with Crippen LogP contribution in [0.2, 0.25) is 0 Å². The van der Waals surface area contributed by atoms with E-state index in [0.717, 1.165) is 11.9 Å². The average molecular weight is 277 g/mol. The number of rotatable bonds is 3. The van der Waals surface area contributed by atoms with Gasteiger partial charge in [-0.1, -0.05) is 31.4 Å². The van der Waals surface area contributed by atoms with Gasteiger partial charge >= 0.3 is 0 Å². The van der Waals surface area contributed by atoms with Gasteiger partial charge in [0, 0.05) is 18.3 Å². The van der Waals surface area contributed by atoms with E-state index in [1.165, 1.54) is 49.0 Å². The highest BCUT2D eigenvalue weighted by Crippen LogP contribution is 2.33. The van der Waals surface area contributed by atoms with E-state index >= 15 is 0 Å². The smallest absolute Gasteiger partial charge is 0.111 e. The van der Waals surface area contributed by atoms with E-state index in [2.05, 4.69) is 29.7 Å². The van der Waals surface area contributed by atoms with Crippen molar-refractivity contribution in [1.29, 1.82) is 0 Å². The summed E-state index contributed by atoms with van der Waals surface area (Å²) in [7, 11) is 0. The molecule has 0 spiro atoms. The van der Waals surface area contributed by atoms with Crippen molar-refractivity contribution < 1.29 is 0 Å². The van der Waals surface area contributed by atoms with Gasteiger partial charge in [0.25, 0.3) is 0 Å². The second kappa shape index (κ2) is 5.54. The van der Waals surface area contributed by atoms with Crippen LogP contribution in [0.25, 0.3) is 11.0 Å². The first-order valence-electron chi connectivity index (χ1n) is 7.33. The molecule has 102 valence electrons. The van der Waals surface area contributed by atoms with E-state index in [1.807, 2.05) is 0 Å². The van der Waals surface area contributed by atoms with Crippen molar-refractivity contribution in [3.05, 3.63) is 29.6 Å². The Morgan fingerprint density at radius 1 is 1.26 bits per heavy atom. The Morgan fingerprint density at radius 2 is 2.05 bits per heavy atom. The van der Waals surface area contributed by atoms with Gasteiger partial charge in [0.1, 0.15) is 5.82 Å². The van der Waals surface area contributed by atoms with Gasteiger partial charge in [0.05, 0.1) is 11.0 Å². The lowest BCUT2D eigenvalue weighted by Gasteiger charge is -2.25. The van der Waals surface area contributed by atoms with Crippen molar-refractivity contribution in [1.82, 2.24) is 9.55 Å². The maximum atomic E-state index is 5.96. The maximum Gasteiger partial charge on any atom is 0.111 e. The number of hydrogen-bond acceptors (Lipinski definition) is 1. The highest BCUT2D eigenvalue weighted by atomic mass is 35.5. The van der Waals surface area contributed by atoms with Crippen LogP contribution >= 0.6 is 11.6 Å². The Balaban J connectivity index is 2.13. The van der Waals surface area contributed by atoms with Crippen LogP contribution in [0.3, 0.4) is 0 Å². The third kappa shape index (κ3) is 2.38. The van der Waals surface area contributed by atoms with Gasteiger partial charge in [0.2, 0.25) is 0 Å². The minimum absolute atomic E-state index is 0.624. The summed E-state index contributed by atoms with van der Waals surface area (Å²) in [5, 5.41) is 0. The molecule has 2 nitrogen and oxygen atoms in total. The van der Waals surface area contributed by atoms with Crippen LogP contribution < -0.4 is 0 Å². The molecule has 0 aliphatic heterocycles. The van der Waals surface area contributed by atoms with Crippen LogP contribution in [-0.2, 0) is 6.42 Å². The van der Waals surface area contributed by atoms with Gasteiger partial charge in [-0.05, 0) is 31.4 Å². The van der Waals surface area contributed by atoms with Crippen LogP contribution in [-0.4, -0.2) is 15.4 Å². The Labute approximate surface area is 119 Å². The molecule has 3 rings (SSSR count). The lowest BCUT2D eigenvalue weighted by Crippen LogP contribution is -2.15. The molecule has 1 aromatic carbocycles. The Morgan fingerprint density at radius 3 is 2.79 bits per heavy atom. The molecule has 0 amide bonds. The predicted octanol–water partition coefficient (Wildman–Crippen LogP) is 4.63. The molecular formula is C16H21ClN2. The summed E-state index contributed by atoms with van der Waals surface area (Å²) >= 11 is 5.96. The lowest BCUT2D eigenvalue weighted by atomic mass is 9.95. The van der Waals surface area contributed by atoms with Gasteiger partial charge in [-0.2, -0.15) is 0 Å². The summed E-state index contributed by atoms with van der Waals surface area (Å²) < 4.78 is 2.48. The molecule has 1 aromatic heterocycles. The molecule has 1 heterocycles. The Hall–Kier alpha value is -1.02. The molecule has 0 atom stereocenters. The number of imidazole rings is 1. The van der Waals surface area contributed by atoms with Crippen LogP contribution in [0, 0.1) is 6.92 Å². The zero-order valence-electron chi connectivity index (χ0n) is 11.5. The Bertz CT molecular complexity index is 567. The third-order valence-corrected chi connectivity index (χ3v) is 4.44. The molecule has 0 N–H and O–H groups in total. The number of benzene rings is 1. The second-order valence-electron chi connectivity index (χ2n) is 5.57.